The van der Waals surface area contributed by atoms with E-state index < -0.39 is 0 Å². The van der Waals surface area contributed by atoms with Gasteiger partial charge >= 0.3 is 0 Å². The fourth-order valence-electron chi connectivity index (χ4n) is 1.35. The molecule has 2 aromatic rings. The van der Waals surface area contributed by atoms with Gasteiger partial charge in [-0.25, -0.2) is 9.07 Å². The van der Waals surface area contributed by atoms with Gasteiger partial charge in [-0.2, -0.15) is 17.7 Å². The first-order valence-electron chi connectivity index (χ1n) is 4.87. The third-order valence-corrected chi connectivity index (χ3v) is 2.32. The first kappa shape index (κ1) is 11.0. The van der Waals surface area contributed by atoms with Gasteiger partial charge < -0.3 is 0 Å². The van der Waals surface area contributed by atoms with Crippen molar-refractivity contribution in [3.05, 3.63) is 54.1 Å². The molecule has 0 fully saturated rings. The van der Waals surface area contributed by atoms with Gasteiger partial charge in [0.15, 0.2) is 0 Å². The zero-order valence-corrected chi connectivity index (χ0v) is 9.44. The van der Waals surface area contributed by atoms with Crippen LogP contribution in [0.3, 0.4) is 0 Å². The Morgan fingerprint density at radius 3 is 2.75 bits per heavy atom. The highest BCUT2D eigenvalue weighted by atomic mass is 32.1. The minimum Gasteiger partial charge on any atom is -0.240 e. The van der Waals surface area contributed by atoms with Crippen molar-refractivity contribution in [3.8, 4) is 5.69 Å². The number of thiol groups is 1. The Balaban J connectivity index is 2.24. The van der Waals surface area contributed by atoms with Crippen LogP contribution in [-0.2, 0) is 0 Å². The number of aromatic nitrogens is 2. The van der Waals surface area contributed by atoms with Crippen LogP contribution in [0.5, 0.6) is 0 Å². The molecule has 2 nitrogen and oxygen atoms in total. The monoisotopic (exact) mass is 234 g/mol. The predicted octanol–water partition coefficient (Wildman–Crippen LogP) is 2.95. The van der Waals surface area contributed by atoms with Gasteiger partial charge in [-0.1, -0.05) is 12.2 Å². The van der Waals surface area contributed by atoms with Gasteiger partial charge in [0.25, 0.3) is 0 Å². The Hall–Kier alpha value is -1.55. The molecule has 0 saturated carbocycles. The molecule has 1 aromatic heterocycles. The molecule has 0 bridgehead atoms. The Morgan fingerprint density at radius 2 is 2.06 bits per heavy atom. The lowest BCUT2D eigenvalue weighted by atomic mass is 10.3. The van der Waals surface area contributed by atoms with Crippen LogP contribution in [0.25, 0.3) is 11.8 Å². The largest absolute Gasteiger partial charge is 0.240 e. The van der Waals surface area contributed by atoms with Gasteiger partial charge in [-0.05, 0) is 24.3 Å². The van der Waals surface area contributed by atoms with Crippen molar-refractivity contribution in [1.82, 2.24) is 9.78 Å². The van der Waals surface area contributed by atoms with E-state index >= 15 is 0 Å². The molecule has 2 rings (SSSR count). The maximum absolute atomic E-state index is 12.7. The summed E-state index contributed by atoms with van der Waals surface area (Å²) in [5.74, 6) is 0.452. The van der Waals surface area contributed by atoms with Crippen molar-refractivity contribution in [3.63, 3.8) is 0 Å². The van der Waals surface area contributed by atoms with Crippen molar-refractivity contribution in [2.45, 2.75) is 0 Å². The second-order valence-corrected chi connectivity index (χ2v) is 3.64. The zero-order chi connectivity index (χ0) is 11.4. The summed E-state index contributed by atoms with van der Waals surface area (Å²) >= 11 is 4.08. The van der Waals surface area contributed by atoms with Crippen LogP contribution >= 0.6 is 12.6 Å². The molecule has 0 unspecified atom stereocenters. The lowest BCUT2D eigenvalue weighted by molar-refractivity contribution is 0.627. The van der Waals surface area contributed by atoms with Gasteiger partial charge in [-0.15, -0.1) is 0 Å². The minimum absolute atomic E-state index is 0.244. The van der Waals surface area contributed by atoms with Gasteiger partial charge in [0.1, 0.15) is 5.82 Å². The van der Waals surface area contributed by atoms with Gasteiger partial charge in [0, 0.05) is 17.5 Å². The first-order valence-corrected chi connectivity index (χ1v) is 5.51. The lowest BCUT2D eigenvalue weighted by Gasteiger charge is -1.99. The normalized spacial score (nSPS) is 11.1. The number of rotatable bonds is 3. The summed E-state index contributed by atoms with van der Waals surface area (Å²) in [5, 5.41) is 4.19. The molecule has 0 saturated heterocycles. The van der Waals surface area contributed by atoms with Crippen LogP contribution < -0.4 is 0 Å². The van der Waals surface area contributed by atoms with E-state index in [1.54, 1.807) is 23.0 Å². The van der Waals surface area contributed by atoms with Crippen LogP contribution in [0.1, 0.15) is 5.56 Å². The fraction of sp³-hybridized carbons (Fsp3) is 0.0833. The van der Waals surface area contributed by atoms with Crippen LogP contribution in [-0.4, -0.2) is 15.5 Å². The van der Waals surface area contributed by atoms with Gasteiger partial charge in [-0.3, -0.25) is 0 Å². The maximum atomic E-state index is 12.7. The Bertz CT molecular complexity index is 488. The molecule has 0 atom stereocenters. The molecule has 1 heterocycles. The Labute approximate surface area is 98.8 Å². The molecule has 16 heavy (non-hydrogen) atoms. The van der Waals surface area contributed by atoms with E-state index in [4.69, 9.17) is 0 Å². The summed E-state index contributed by atoms with van der Waals surface area (Å²) < 4.78 is 14.4. The summed E-state index contributed by atoms with van der Waals surface area (Å²) in [6.45, 7) is 0. The summed E-state index contributed by atoms with van der Waals surface area (Å²) in [4.78, 5) is 0. The molecule has 0 radical (unpaired) electrons. The molecule has 0 aliphatic heterocycles. The lowest BCUT2D eigenvalue weighted by Crippen LogP contribution is -1.93. The number of hydrogen-bond donors (Lipinski definition) is 1. The number of hydrogen-bond acceptors (Lipinski definition) is 2. The molecule has 82 valence electrons. The van der Waals surface area contributed by atoms with Crippen molar-refractivity contribution >= 4 is 18.7 Å². The summed E-state index contributed by atoms with van der Waals surface area (Å²) in [6.07, 6.45) is 7.52. The highest BCUT2D eigenvalue weighted by molar-refractivity contribution is 7.80. The molecule has 0 aliphatic carbocycles. The van der Waals surface area contributed by atoms with E-state index in [2.05, 4.69) is 17.7 Å². The molecule has 0 N–H and O–H groups in total. The molecule has 0 spiro atoms. The fourth-order valence-corrected chi connectivity index (χ4v) is 1.45. The summed E-state index contributed by atoms with van der Waals surface area (Å²) in [6, 6.07) is 6.21. The molecule has 4 heteroatoms. The van der Waals surface area contributed by atoms with E-state index in [-0.39, 0.29) is 5.82 Å². The SMILES string of the molecule is Fc1ccc(-n2cc(C=CCS)cn2)cc1. The molecular formula is C12H11FN2S. The van der Waals surface area contributed by atoms with E-state index in [1.165, 1.54) is 12.1 Å². The van der Waals surface area contributed by atoms with Gasteiger partial charge in [0.2, 0.25) is 0 Å². The molecule has 0 aliphatic rings. The minimum atomic E-state index is -0.244. The van der Waals surface area contributed by atoms with E-state index in [0.717, 1.165) is 11.3 Å². The van der Waals surface area contributed by atoms with Crippen LogP contribution in [0.4, 0.5) is 4.39 Å². The standard InChI is InChI=1S/C12H11FN2S/c13-11-3-5-12(6-4-11)15-9-10(8-14-15)2-1-7-16/h1-6,8-9,16H,7H2. The molecule has 0 amide bonds. The third kappa shape index (κ3) is 2.52. The van der Waals surface area contributed by atoms with Crippen LogP contribution in [0, 0.1) is 5.82 Å². The highest BCUT2D eigenvalue weighted by Crippen LogP contribution is 2.10. The topological polar surface area (TPSA) is 17.8 Å². The average Bonchev–Trinajstić information content (AvgIpc) is 2.76. The highest BCUT2D eigenvalue weighted by Gasteiger charge is 1.98. The molecule has 1 aromatic carbocycles. The number of halogens is 1. The van der Waals surface area contributed by atoms with Crippen molar-refractivity contribution in [2.24, 2.45) is 0 Å². The maximum Gasteiger partial charge on any atom is 0.123 e. The smallest absolute Gasteiger partial charge is 0.123 e. The van der Waals surface area contributed by atoms with E-state index in [9.17, 15) is 4.39 Å². The summed E-state index contributed by atoms with van der Waals surface area (Å²) in [7, 11) is 0. The first-order chi connectivity index (χ1) is 7.79. The van der Waals surface area contributed by atoms with Crippen molar-refractivity contribution in [2.75, 3.05) is 5.75 Å². The quantitative estimate of drug-likeness (QED) is 0.808. The van der Waals surface area contributed by atoms with Crippen LogP contribution in [0.2, 0.25) is 0 Å². The van der Waals surface area contributed by atoms with Crippen molar-refractivity contribution in [1.29, 1.82) is 0 Å². The second kappa shape index (κ2) is 4.99. The Kier molecular flexibility index (Phi) is 3.41. The third-order valence-electron chi connectivity index (χ3n) is 2.11. The Morgan fingerprint density at radius 1 is 1.31 bits per heavy atom. The second-order valence-electron chi connectivity index (χ2n) is 3.28. The van der Waals surface area contributed by atoms with Crippen molar-refractivity contribution < 1.29 is 4.39 Å². The van der Waals surface area contributed by atoms with Crippen LogP contribution in [0.15, 0.2) is 42.7 Å². The van der Waals surface area contributed by atoms with E-state index in [0.29, 0.717) is 5.75 Å². The van der Waals surface area contributed by atoms with E-state index in [1.807, 2.05) is 18.3 Å². The number of nitrogens with zero attached hydrogens (tertiary/aromatic N) is 2. The average molecular weight is 234 g/mol. The van der Waals surface area contributed by atoms with Gasteiger partial charge in [0.05, 0.1) is 11.9 Å². The summed E-state index contributed by atoms with van der Waals surface area (Å²) in [5.41, 5.74) is 1.84. The predicted molar refractivity (Wildman–Crippen MR) is 66.4 cm³/mol. The number of benzene rings is 1. The molecular weight excluding hydrogens is 223 g/mol. The zero-order valence-electron chi connectivity index (χ0n) is 8.55.